The highest BCUT2D eigenvalue weighted by atomic mass is 32.1. The minimum absolute atomic E-state index is 0.461. The van der Waals surface area contributed by atoms with E-state index in [0.717, 1.165) is 49.1 Å². The first-order chi connectivity index (χ1) is 16.7. The number of fused-ring (bicyclic) bond motifs is 3. The summed E-state index contributed by atoms with van der Waals surface area (Å²) >= 11 is 1.87. The number of hydrogen-bond acceptors (Lipinski definition) is 8. The van der Waals surface area contributed by atoms with Crippen LogP contribution in [0.25, 0.3) is 10.2 Å². The van der Waals surface area contributed by atoms with Crippen molar-refractivity contribution < 1.29 is 4.74 Å². The Labute approximate surface area is 205 Å². The standard InChI is InChI=1S/C25H35N7OS/c1-31-16-18(15-26-31)28-25-29-23(22-20-5-3-2-4-6-21(20)34-24(22)30-25)27-17-7-9-19(10-8-17)32-11-13-33-14-12-32/h15-17,19H,2-14H2,1H3,(H2,27,28,29,30)/t17-,19-. The highest BCUT2D eigenvalue weighted by molar-refractivity contribution is 7.19. The molecule has 2 fully saturated rings. The fourth-order valence-corrected chi connectivity index (χ4v) is 7.09. The maximum Gasteiger partial charge on any atom is 0.230 e. The molecule has 8 nitrogen and oxygen atoms in total. The van der Waals surface area contributed by atoms with Gasteiger partial charge in [0, 0.05) is 43.3 Å². The number of aryl methyl sites for hydroxylation is 3. The van der Waals surface area contributed by atoms with Crippen molar-refractivity contribution in [3.8, 4) is 0 Å². The number of anilines is 3. The van der Waals surface area contributed by atoms with E-state index in [-0.39, 0.29) is 0 Å². The molecule has 6 rings (SSSR count). The Balaban J connectivity index is 1.26. The van der Waals surface area contributed by atoms with Crippen molar-refractivity contribution >= 4 is 39.0 Å². The van der Waals surface area contributed by atoms with Crippen molar-refractivity contribution in [3.05, 3.63) is 22.8 Å². The predicted molar refractivity (Wildman–Crippen MR) is 137 cm³/mol. The summed E-state index contributed by atoms with van der Waals surface area (Å²) in [4.78, 5) is 15.2. The van der Waals surface area contributed by atoms with E-state index in [1.165, 1.54) is 67.2 Å². The summed E-state index contributed by atoms with van der Waals surface area (Å²) in [5.41, 5.74) is 2.41. The van der Waals surface area contributed by atoms with Gasteiger partial charge in [0.05, 0.1) is 30.5 Å². The highest BCUT2D eigenvalue weighted by Crippen LogP contribution is 2.39. The van der Waals surface area contributed by atoms with Crippen molar-refractivity contribution in [2.45, 2.75) is 69.9 Å². The summed E-state index contributed by atoms with van der Waals surface area (Å²) in [6.45, 7) is 3.93. The van der Waals surface area contributed by atoms with Crippen LogP contribution in [0.15, 0.2) is 12.4 Å². The van der Waals surface area contributed by atoms with E-state index in [2.05, 4.69) is 20.6 Å². The Bertz CT molecular complexity index is 1130. The van der Waals surface area contributed by atoms with Crippen LogP contribution in [-0.4, -0.2) is 63.0 Å². The molecule has 0 unspecified atom stereocenters. The van der Waals surface area contributed by atoms with Crippen molar-refractivity contribution in [2.75, 3.05) is 36.9 Å². The average Bonchev–Trinajstić information content (AvgIpc) is 3.34. The summed E-state index contributed by atoms with van der Waals surface area (Å²) in [5.74, 6) is 1.67. The van der Waals surface area contributed by atoms with E-state index in [0.29, 0.717) is 18.0 Å². The first kappa shape index (κ1) is 22.2. The van der Waals surface area contributed by atoms with E-state index >= 15 is 0 Å². The van der Waals surface area contributed by atoms with Gasteiger partial charge in [0.2, 0.25) is 5.95 Å². The molecule has 2 N–H and O–H groups in total. The zero-order valence-electron chi connectivity index (χ0n) is 20.1. The molecule has 0 spiro atoms. The molecule has 4 heterocycles. The Hall–Kier alpha value is -2.23. The molecule has 0 aromatic carbocycles. The van der Waals surface area contributed by atoms with E-state index in [1.807, 2.05) is 30.8 Å². The van der Waals surface area contributed by atoms with Crippen molar-refractivity contribution in [2.24, 2.45) is 7.05 Å². The molecule has 1 saturated heterocycles. The Morgan fingerprint density at radius 3 is 2.65 bits per heavy atom. The fourth-order valence-electron chi connectivity index (χ4n) is 5.83. The first-order valence-corrected chi connectivity index (χ1v) is 13.7. The lowest BCUT2D eigenvalue weighted by molar-refractivity contribution is 0.00791. The number of morpholine rings is 1. The molecule has 9 heteroatoms. The summed E-state index contributed by atoms with van der Waals surface area (Å²) < 4.78 is 7.35. The van der Waals surface area contributed by atoms with Crippen LogP contribution in [0.3, 0.4) is 0 Å². The van der Waals surface area contributed by atoms with E-state index in [4.69, 9.17) is 14.7 Å². The Morgan fingerprint density at radius 2 is 1.85 bits per heavy atom. The van der Waals surface area contributed by atoms with Gasteiger partial charge < -0.3 is 15.4 Å². The molecule has 0 atom stereocenters. The van der Waals surface area contributed by atoms with E-state index in [9.17, 15) is 0 Å². The number of nitrogens with zero attached hydrogens (tertiary/aromatic N) is 5. The van der Waals surface area contributed by atoms with Gasteiger partial charge in [-0.25, -0.2) is 4.98 Å². The second-order valence-corrected chi connectivity index (χ2v) is 11.0. The van der Waals surface area contributed by atoms with Crippen LogP contribution >= 0.6 is 11.3 Å². The molecule has 3 aliphatic rings. The van der Waals surface area contributed by atoms with Gasteiger partial charge in [0.15, 0.2) is 0 Å². The zero-order valence-corrected chi connectivity index (χ0v) is 20.9. The summed E-state index contributed by atoms with van der Waals surface area (Å²) in [6.07, 6.45) is 14.8. The molecule has 34 heavy (non-hydrogen) atoms. The van der Waals surface area contributed by atoms with Gasteiger partial charge in [-0.2, -0.15) is 10.1 Å². The highest BCUT2D eigenvalue weighted by Gasteiger charge is 2.28. The van der Waals surface area contributed by atoms with Crippen molar-refractivity contribution in [1.29, 1.82) is 0 Å². The zero-order chi connectivity index (χ0) is 22.9. The lowest BCUT2D eigenvalue weighted by Gasteiger charge is -2.39. The van der Waals surface area contributed by atoms with Crippen LogP contribution in [0.2, 0.25) is 0 Å². The quantitative estimate of drug-likeness (QED) is 0.520. The van der Waals surface area contributed by atoms with Gasteiger partial charge in [-0.05, 0) is 56.9 Å². The number of hydrogen-bond donors (Lipinski definition) is 2. The van der Waals surface area contributed by atoms with Crippen LogP contribution in [0.4, 0.5) is 17.5 Å². The van der Waals surface area contributed by atoms with Gasteiger partial charge in [-0.1, -0.05) is 6.42 Å². The third kappa shape index (κ3) is 4.65. The van der Waals surface area contributed by atoms with Crippen LogP contribution in [-0.2, 0) is 24.6 Å². The molecular weight excluding hydrogens is 446 g/mol. The molecule has 0 amide bonds. The number of thiophene rings is 1. The molecule has 3 aromatic rings. The average molecular weight is 482 g/mol. The number of nitrogens with one attached hydrogen (secondary N) is 2. The summed E-state index contributed by atoms with van der Waals surface area (Å²) in [6, 6.07) is 1.16. The Kier molecular flexibility index (Phi) is 6.41. The molecule has 182 valence electrons. The minimum Gasteiger partial charge on any atom is -0.379 e. The molecule has 3 aromatic heterocycles. The van der Waals surface area contributed by atoms with E-state index in [1.54, 1.807) is 4.68 Å². The van der Waals surface area contributed by atoms with Crippen molar-refractivity contribution in [3.63, 3.8) is 0 Å². The molecule has 1 aliphatic heterocycles. The van der Waals surface area contributed by atoms with Crippen LogP contribution in [0.5, 0.6) is 0 Å². The lowest BCUT2D eigenvalue weighted by atomic mass is 9.90. The van der Waals surface area contributed by atoms with Crippen molar-refractivity contribution in [1.82, 2.24) is 24.6 Å². The number of aromatic nitrogens is 4. The smallest absolute Gasteiger partial charge is 0.230 e. The van der Waals surface area contributed by atoms with E-state index < -0.39 is 0 Å². The summed E-state index contributed by atoms with van der Waals surface area (Å²) in [7, 11) is 1.92. The molecule has 1 saturated carbocycles. The third-order valence-corrected chi connectivity index (χ3v) is 8.81. The van der Waals surface area contributed by atoms with Gasteiger partial charge in [0.25, 0.3) is 0 Å². The fraction of sp³-hybridized carbons (Fsp3) is 0.640. The second-order valence-electron chi connectivity index (χ2n) is 9.97. The molecule has 2 aliphatic carbocycles. The third-order valence-electron chi connectivity index (χ3n) is 7.63. The molecule has 0 radical (unpaired) electrons. The minimum atomic E-state index is 0.461. The van der Waals surface area contributed by atoms with Crippen LogP contribution < -0.4 is 10.6 Å². The monoisotopic (exact) mass is 481 g/mol. The number of rotatable bonds is 5. The topological polar surface area (TPSA) is 80.1 Å². The van der Waals surface area contributed by atoms with Gasteiger partial charge in [-0.3, -0.25) is 9.58 Å². The van der Waals surface area contributed by atoms with Gasteiger partial charge in [-0.15, -0.1) is 11.3 Å². The molecule has 0 bridgehead atoms. The second kappa shape index (κ2) is 9.79. The van der Waals surface area contributed by atoms with Gasteiger partial charge in [0.1, 0.15) is 10.6 Å². The first-order valence-electron chi connectivity index (χ1n) is 12.9. The summed E-state index contributed by atoms with van der Waals surface area (Å²) in [5, 5.41) is 12.8. The maximum atomic E-state index is 5.55. The lowest BCUT2D eigenvalue weighted by Crippen LogP contribution is -2.46. The SMILES string of the molecule is Cn1cc(Nc2nc(N[C@H]3CC[C@H](N4CCOCC4)CC3)c3c4c(sc3n2)CCCCC4)cn1. The largest absolute Gasteiger partial charge is 0.379 e. The number of ether oxygens (including phenoxy) is 1. The Morgan fingerprint density at radius 1 is 1.03 bits per heavy atom. The predicted octanol–water partition coefficient (Wildman–Crippen LogP) is 4.49. The maximum absolute atomic E-state index is 5.55. The molecular formula is C25H35N7OS. The van der Waals surface area contributed by atoms with Gasteiger partial charge >= 0.3 is 0 Å². The normalized spacial score (nSPS) is 24.0. The van der Waals surface area contributed by atoms with Crippen LogP contribution in [0.1, 0.15) is 55.4 Å². The van der Waals surface area contributed by atoms with Crippen LogP contribution in [0, 0.1) is 0 Å².